The number of aromatic hydroxyl groups is 1. The van der Waals surface area contributed by atoms with Gasteiger partial charge in [-0.25, -0.2) is 9.38 Å². The van der Waals surface area contributed by atoms with Crippen molar-refractivity contribution in [3.8, 4) is 5.75 Å². The van der Waals surface area contributed by atoms with Crippen molar-refractivity contribution in [1.82, 2.24) is 10.6 Å². The Labute approximate surface area is 147 Å². The van der Waals surface area contributed by atoms with Crippen molar-refractivity contribution in [3.63, 3.8) is 0 Å². The highest BCUT2D eigenvalue weighted by atomic mass is 19.1. The molecule has 0 bridgehead atoms. The predicted octanol–water partition coefficient (Wildman–Crippen LogP) is 2.80. The lowest BCUT2D eigenvalue weighted by molar-refractivity contribution is 0.125. The molecular formula is C19H24FN3O2. The average molecular weight is 345 g/mol. The third-order valence-electron chi connectivity index (χ3n) is 3.43. The van der Waals surface area contributed by atoms with Gasteiger partial charge in [0.05, 0.1) is 19.8 Å². The second-order valence-corrected chi connectivity index (χ2v) is 5.45. The molecule has 0 atom stereocenters. The van der Waals surface area contributed by atoms with Gasteiger partial charge in [0.1, 0.15) is 0 Å². The molecular weight excluding hydrogens is 321 g/mol. The van der Waals surface area contributed by atoms with Crippen LogP contribution in [0.2, 0.25) is 0 Å². The molecule has 0 radical (unpaired) electrons. The van der Waals surface area contributed by atoms with Gasteiger partial charge in [-0.3, -0.25) is 0 Å². The first-order valence-corrected chi connectivity index (χ1v) is 8.30. The van der Waals surface area contributed by atoms with E-state index in [9.17, 15) is 9.50 Å². The maximum absolute atomic E-state index is 13.3. The lowest BCUT2D eigenvalue weighted by atomic mass is 10.2. The fourth-order valence-corrected chi connectivity index (χ4v) is 2.17. The van der Waals surface area contributed by atoms with Gasteiger partial charge in [-0.15, -0.1) is 0 Å². The lowest BCUT2D eigenvalue weighted by Gasteiger charge is -2.11. The number of guanidine groups is 1. The van der Waals surface area contributed by atoms with Gasteiger partial charge in [0.25, 0.3) is 0 Å². The van der Waals surface area contributed by atoms with Crippen LogP contribution in [0.3, 0.4) is 0 Å². The molecule has 0 aliphatic carbocycles. The Kier molecular flexibility index (Phi) is 7.72. The molecule has 0 aliphatic rings. The van der Waals surface area contributed by atoms with E-state index in [1.807, 2.05) is 37.3 Å². The maximum atomic E-state index is 13.3. The molecule has 0 saturated carbocycles. The van der Waals surface area contributed by atoms with E-state index in [0.29, 0.717) is 37.8 Å². The number of benzene rings is 2. The number of phenolic OH excluding ortho intramolecular Hbond substituents is 1. The molecule has 3 N–H and O–H groups in total. The zero-order chi connectivity index (χ0) is 17.9. The normalized spacial score (nSPS) is 11.4. The summed E-state index contributed by atoms with van der Waals surface area (Å²) >= 11 is 0. The Morgan fingerprint density at radius 2 is 1.92 bits per heavy atom. The van der Waals surface area contributed by atoms with Gasteiger partial charge < -0.3 is 20.5 Å². The topological polar surface area (TPSA) is 65.9 Å². The third-order valence-corrected chi connectivity index (χ3v) is 3.43. The summed E-state index contributed by atoms with van der Waals surface area (Å²) < 4.78 is 19.0. The van der Waals surface area contributed by atoms with Crippen molar-refractivity contribution < 1.29 is 14.2 Å². The zero-order valence-corrected chi connectivity index (χ0v) is 14.3. The second kappa shape index (κ2) is 10.3. The SMILES string of the molecule is CCNC(=NCc1ccc(O)c(F)c1)NCCOCc1ccccc1. The Morgan fingerprint density at radius 3 is 2.64 bits per heavy atom. The molecule has 5 nitrogen and oxygen atoms in total. The molecule has 0 saturated heterocycles. The molecule has 6 heteroatoms. The summed E-state index contributed by atoms with van der Waals surface area (Å²) in [6.45, 7) is 4.75. The number of hydrogen-bond donors (Lipinski definition) is 3. The number of nitrogens with zero attached hydrogens (tertiary/aromatic N) is 1. The number of aliphatic imine (C=N–C) groups is 1. The minimum absolute atomic E-state index is 0.317. The van der Waals surface area contributed by atoms with Crippen molar-refractivity contribution in [2.45, 2.75) is 20.1 Å². The summed E-state index contributed by atoms with van der Waals surface area (Å²) in [4.78, 5) is 4.40. The number of nitrogens with one attached hydrogen (secondary N) is 2. The van der Waals surface area contributed by atoms with Crippen LogP contribution in [0.4, 0.5) is 4.39 Å². The zero-order valence-electron chi connectivity index (χ0n) is 14.3. The van der Waals surface area contributed by atoms with Gasteiger partial charge in [-0.1, -0.05) is 36.4 Å². The summed E-state index contributed by atoms with van der Waals surface area (Å²) in [6.07, 6.45) is 0. The van der Waals surface area contributed by atoms with Crippen LogP contribution in [0.5, 0.6) is 5.75 Å². The van der Waals surface area contributed by atoms with E-state index in [1.54, 1.807) is 6.07 Å². The van der Waals surface area contributed by atoms with E-state index in [-0.39, 0.29) is 5.75 Å². The minimum atomic E-state index is -0.639. The van der Waals surface area contributed by atoms with Crippen LogP contribution in [0, 0.1) is 5.82 Å². The smallest absolute Gasteiger partial charge is 0.191 e. The highest BCUT2D eigenvalue weighted by Gasteiger charge is 2.02. The number of hydrogen-bond acceptors (Lipinski definition) is 3. The number of ether oxygens (including phenoxy) is 1. The maximum Gasteiger partial charge on any atom is 0.191 e. The van der Waals surface area contributed by atoms with Crippen LogP contribution in [-0.2, 0) is 17.9 Å². The first-order valence-electron chi connectivity index (χ1n) is 8.30. The highest BCUT2D eigenvalue weighted by Crippen LogP contribution is 2.16. The highest BCUT2D eigenvalue weighted by molar-refractivity contribution is 5.79. The van der Waals surface area contributed by atoms with E-state index in [4.69, 9.17) is 4.74 Å². The number of rotatable bonds is 8. The van der Waals surface area contributed by atoms with Crippen LogP contribution in [-0.4, -0.2) is 30.8 Å². The summed E-state index contributed by atoms with van der Waals surface area (Å²) in [5, 5.41) is 15.5. The van der Waals surface area contributed by atoms with Gasteiger partial charge in [0.15, 0.2) is 17.5 Å². The van der Waals surface area contributed by atoms with E-state index >= 15 is 0 Å². The Balaban J connectivity index is 1.76. The van der Waals surface area contributed by atoms with Crippen LogP contribution in [0.1, 0.15) is 18.1 Å². The summed E-state index contributed by atoms with van der Waals surface area (Å²) in [6, 6.07) is 14.3. The standard InChI is InChI=1S/C19H24FN3O2/c1-2-21-19(23-13-16-8-9-18(24)17(20)12-16)22-10-11-25-14-15-6-4-3-5-7-15/h3-9,12,24H,2,10-11,13-14H2,1H3,(H2,21,22,23). The first-order chi connectivity index (χ1) is 12.2. The Morgan fingerprint density at radius 1 is 1.12 bits per heavy atom. The first kappa shape index (κ1) is 18.7. The molecule has 2 rings (SSSR count). The summed E-state index contributed by atoms with van der Waals surface area (Å²) in [5.41, 5.74) is 1.82. The van der Waals surface area contributed by atoms with E-state index in [1.165, 1.54) is 12.1 Å². The number of halogens is 1. The molecule has 0 unspecified atom stereocenters. The van der Waals surface area contributed by atoms with E-state index < -0.39 is 5.82 Å². The molecule has 0 heterocycles. The quantitative estimate of drug-likeness (QED) is 0.391. The van der Waals surface area contributed by atoms with Crippen molar-refractivity contribution >= 4 is 5.96 Å². The number of phenols is 1. The second-order valence-electron chi connectivity index (χ2n) is 5.45. The van der Waals surface area contributed by atoms with Crippen LogP contribution >= 0.6 is 0 Å². The van der Waals surface area contributed by atoms with Gasteiger partial charge in [0.2, 0.25) is 0 Å². The van der Waals surface area contributed by atoms with Crippen LogP contribution in [0.25, 0.3) is 0 Å². The van der Waals surface area contributed by atoms with E-state index in [2.05, 4.69) is 15.6 Å². The van der Waals surface area contributed by atoms with E-state index in [0.717, 1.165) is 12.1 Å². The summed E-state index contributed by atoms with van der Waals surface area (Å²) in [7, 11) is 0. The van der Waals surface area contributed by atoms with Crippen molar-refractivity contribution in [1.29, 1.82) is 0 Å². The van der Waals surface area contributed by atoms with Gasteiger partial charge >= 0.3 is 0 Å². The molecule has 2 aromatic rings. The van der Waals surface area contributed by atoms with Gasteiger partial charge in [-0.05, 0) is 30.2 Å². The molecule has 0 fully saturated rings. The Hall–Kier alpha value is -2.60. The van der Waals surface area contributed by atoms with Crippen molar-refractivity contribution in [3.05, 3.63) is 65.5 Å². The van der Waals surface area contributed by atoms with Gasteiger partial charge in [-0.2, -0.15) is 0 Å². The summed E-state index contributed by atoms with van der Waals surface area (Å²) in [5.74, 6) is -0.354. The molecule has 25 heavy (non-hydrogen) atoms. The largest absolute Gasteiger partial charge is 0.505 e. The predicted molar refractivity (Wildman–Crippen MR) is 97.0 cm³/mol. The van der Waals surface area contributed by atoms with Crippen molar-refractivity contribution in [2.24, 2.45) is 4.99 Å². The van der Waals surface area contributed by atoms with Crippen LogP contribution in [0.15, 0.2) is 53.5 Å². The van der Waals surface area contributed by atoms with Crippen molar-refractivity contribution in [2.75, 3.05) is 19.7 Å². The minimum Gasteiger partial charge on any atom is -0.505 e. The fraction of sp³-hybridized carbons (Fsp3) is 0.316. The van der Waals surface area contributed by atoms with Crippen LogP contribution < -0.4 is 10.6 Å². The molecule has 0 aliphatic heterocycles. The monoisotopic (exact) mass is 345 g/mol. The molecule has 0 aromatic heterocycles. The molecule has 0 spiro atoms. The Bertz CT molecular complexity index is 678. The molecule has 0 amide bonds. The lowest BCUT2D eigenvalue weighted by Crippen LogP contribution is -2.38. The average Bonchev–Trinajstić information content (AvgIpc) is 2.63. The molecule has 134 valence electrons. The molecule has 2 aromatic carbocycles. The fourth-order valence-electron chi connectivity index (χ4n) is 2.17. The third kappa shape index (κ3) is 6.81. The van der Waals surface area contributed by atoms with Gasteiger partial charge in [0, 0.05) is 13.1 Å².